The summed E-state index contributed by atoms with van der Waals surface area (Å²) in [5.74, 6) is 0. The number of hydrogen-bond donors (Lipinski definition) is 1. The number of pyridine rings is 1. The van der Waals surface area contributed by atoms with Crippen LogP contribution in [0, 0.1) is 0 Å². The fourth-order valence-corrected chi connectivity index (χ4v) is 3.00. The molecule has 0 radical (unpaired) electrons. The van der Waals surface area contributed by atoms with Crippen LogP contribution in [-0.2, 0) is 0 Å². The van der Waals surface area contributed by atoms with Crippen LogP contribution in [0.5, 0.6) is 0 Å². The summed E-state index contributed by atoms with van der Waals surface area (Å²) < 4.78 is 0. The molecule has 104 valence electrons. The minimum absolute atomic E-state index is 0.260. The molecule has 1 saturated heterocycles. The fourth-order valence-electron chi connectivity index (χ4n) is 3.00. The zero-order valence-corrected chi connectivity index (χ0v) is 11.9. The van der Waals surface area contributed by atoms with Gasteiger partial charge in [-0.2, -0.15) is 0 Å². The fraction of sp³-hybridized carbons (Fsp3) is 0.353. The van der Waals surface area contributed by atoms with E-state index in [1.165, 1.54) is 12.0 Å². The predicted octanol–water partition coefficient (Wildman–Crippen LogP) is 2.46. The SMILES string of the molecule is CNC1CCN(C(c2ccccc2)c2ccccn2)C1. The summed E-state index contributed by atoms with van der Waals surface area (Å²) in [6.45, 7) is 2.19. The van der Waals surface area contributed by atoms with Gasteiger partial charge in [-0.25, -0.2) is 0 Å². The molecule has 2 aromatic rings. The number of likely N-dealkylation sites (tertiary alicyclic amines) is 1. The zero-order valence-electron chi connectivity index (χ0n) is 11.9. The van der Waals surface area contributed by atoms with Crippen LogP contribution >= 0.6 is 0 Å². The minimum atomic E-state index is 0.260. The van der Waals surface area contributed by atoms with E-state index < -0.39 is 0 Å². The highest BCUT2D eigenvalue weighted by Gasteiger charge is 2.29. The number of benzene rings is 1. The average Bonchev–Trinajstić information content (AvgIpc) is 2.98. The van der Waals surface area contributed by atoms with Crippen molar-refractivity contribution in [2.24, 2.45) is 0 Å². The zero-order chi connectivity index (χ0) is 13.8. The Morgan fingerprint density at radius 1 is 1.15 bits per heavy atom. The van der Waals surface area contributed by atoms with Gasteiger partial charge in [-0.15, -0.1) is 0 Å². The molecule has 2 atom stereocenters. The van der Waals surface area contributed by atoms with Gasteiger partial charge in [0.05, 0.1) is 11.7 Å². The maximum absolute atomic E-state index is 4.59. The van der Waals surface area contributed by atoms with Gasteiger partial charge in [0, 0.05) is 25.3 Å². The van der Waals surface area contributed by atoms with Crippen LogP contribution in [0.25, 0.3) is 0 Å². The van der Waals surface area contributed by atoms with Crippen molar-refractivity contribution in [2.45, 2.75) is 18.5 Å². The molecule has 3 rings (SSSR count). The van der Waals surface area contributed by atoms with Crippen molar-refractivity contribution in [3.05, 3.63) is 66.0 Å². The molecule has 1 aromatic carbocycles. The maximum atomic E-state index is 4.59. The number of rotatable bonds is 4. The van der Waals surface area contributed by atoms with Crippen molar-refractivity contribution in [2.75, 3.05) is 20.1 Å². The number of likely N-dealkylation sites (N-methyl/N-ethyl adjacent to an activating group) is 1. The van der Waals surface area contributed by atoms with Crippen LogP contribution in [0.15, 0.2) is 54.7 Å². The van der Waals surface area contributed by atoms with Crippen LogP contribution < -0.4 is 5.32 Å². The Bertz CT molecular complexity index is 487. The van der Waals surface area contributed by atoms with E-state index in [1.54, 1.807) is 0 Å². The molecule has 1 fully saturated rings. The minimum Gasteiger partial charge on any atom is -0.316 e. The number of aromatic nitrogens is 1. The van der Waals surface area contributed by atoms with E-state index in [9.17, 15) is 0 Å². The standard InChI is InChI=1S/C17H21N3/c1-18-15-10-12-20(13-15)17(14-7-3-2-4-8-14)16-9-5-6-11-19-16/h2-9,11,15,17-18H,10,12-13H2,1H3. The monoisotopic (exact) mass is 267 g/mol. The first kappa shape index (κ1) is 13.3. The van der Waals surface area contributed by atoms with E-state index in [0.717, 1.165) is 18.8 Å². The lowest BCUT2D eigenvalue weighted by Gasteiger charge is -2.28. The van der Waals surface area contributed by atoms with E-state index in [2.05, 4.69) is 57.7 Å². The first-order chi connectivity index (χ1) is 9.88. The van der Waals surface area contributed by atoms with Crippen LogP contribution in [0.2, 0.25) is 0 Å². The lowest BCUT2D eigenvalue weighted by Crippen LogP contribution is -2.32. The number of hydrogen-bond acceptors (Lipinski definition) is 3. The summed E-state index contributed by atoms with van der Waals surface area (Å²) in [6, 6.07) is 17.7. The van der Waals surface area contributed by atoms with E-state index in [1.807, 2.05) is 19.3 Å². The molecule has 0 aliphatic carbocycles. The topological polar surface area (TPSA) is 28.2 Å². The molecular weight excluding hydrogens is 246 g/mol. The number of nitrogens with zero attached hydrogens (tertiary/aromatic N) is 2. The van der Waals surface area contributed by atoms with Gasteiger partial charge in [-0.1, -0.05) is 36.4 Å². The van der Waals surface area contributed by atoms with Gasteiger partial charge < -0.3 is 5.32 Å². The molecule has 3 nitrogen and oxygen atoms in total. The molecule has 3 heteroatoms. The van der Waals surface area contributed by atoms with Crippen LogP contribution in [0.3, 0.4) is 0 Å². The van der Waals surface area contributed by atoms with Gasteiger partial charge in [0.1, 0.15) is 0 Å². The Labute approximate surface area is 120 Å². The van der Waals surface area contributed by atoms with Crippen molar-refractivity contribution in [1.29, 1.82) is 0 Å². The van der Waals surface area contributed by atoms with Crippen molar-refractivity contribution >= 4 is 0 Å². The highest BCUT2D eigenvalue weighted by molar-refractivity contribution is 5.28. The second-order valence-corrected chi connectivity index (χ2v) is 5.34. The molecule has 2 unspecified atom stereocenters. The molecule has 20 heavy (non-hydrogen) atoms. The van der Waals surface area contributed by atoms with E-state index in [0.29, 0.717) is 6.04 Å². The Hall–Kier alpha value is -1.71. The lowest BCUT2D eigenvalue weighted by molar-refractivity contribution is 0.270. The van der Waals surface area contributed by atoms with Crippen LogP contribution in [-0.4, -0.2) is 36.1 Å². The molecule has 1 N–H and O–H groups in total. The maximum Gasteiger partial charge on any atom is 0.0776 e. The highest BCUT2D eigenvalue weighted by atomic mass is 15.2. The van der Waals surface area contributed by atoms with Gasteiger partial charge in [0.25, 0.3) is 0 Å². The molecule has 0 spiro atoms. The van der Waals surface area contributed by atoms with Gasteiger partial charge in [-0.3, -0.25) is 9.88 Å². The summed E-state index contributed by atoms with van der Waals surface area (Å²) in [5, 5.41) is 3.39. The third-order valence-corrected chi connectivity index (χ3v) is 4.08. The third-order valence-electron chi connectivity index (χ3n) is 4.08. The lowest BCUT2D eigenvalue weighted by atomic mass is 10.0. The Morgan fingerprint density at radius 2 is 1.95 bits per heavy atom. The smallest absolute Gasteiger partial charge is 0.0776 e. The van der Waals surface area contributed by atoms with E-state index in [4.69, 9.17) is 0 Å². The summed E-state index contributed by atoms with van der Waals surface area (Å²) in [4.78, 5) is 7.12. The molecule has 0 bridgehead atoms. The predicted molar refractivity (Wildman–Crippen MR) is 81.6 cm³/mol. The molecule has 0 amide bonds. The van der Waals surface area contributed by atoms with Crippen molar-refractivity contribution in [3.8, 4) is 0 Å². The molecule has 1 aromatic heterocycles. The number of nitrogens with one attached hydrogen (secondary N) is 1. The first-order valence-electron chi connectivity index (χ1n) is 7.25. The summed E-state index contributed by atoms with van der Waals surface area (Å²) in [6.07, 6.45) is 3.09. The van der Waals surface area contributed by atoms with Crippen molar-refractivity contribution in [3.63, 3.8) is 0 Å². The van der Waals surface area contributed by atoms with Crippen LogP contribution in [0.1, 0.15) is 23.7 Å². The molecule has 1 aliphatic heterocycles. The second-order valence-electron chi connectivity index (χ2n) is 5.34. The highest BCUT2D eigenvalue weighted by Crippen LogP contribution is 2.30. The Kier molecular flexibility index (Phi) is 4.09. The Morgan fingerprint density at radius 3 is 2.60 bits per heavy atom. The third kappa shape index (κ3) is 2.74. The summed E-state index contributed by atoms with van der Waals surface area (Å²) in [5.41, 5.74) is 2.46. The van der Waals surface area contributed by atoms with Gasteiger partial charge >= 0.3 is 0 Å². The van der Waals surface area contributed by atoms with Crippen molar-refractivity contribution in [1.82, 2.24) is 15.2 Å². The average molecular weight is 267 g/mol. The summed E-state index contributed by atoms with van der Waals surface area (Å²) >= 11 is 0. The van der Waals surface area contributed by atoms with Crippen LogP contribution in [0.4, 0.5) is 0 Å². The molecular formula is C17H21N3. The normalized spacial score (nSPS) is 20.9. The van der Waals surface area contributed by atoms with Gasteiger partial charge in [-0.05, 0) is 31.2 Å². The second kappa shape index (κ2) is 6.16. The summed E-state index contributed by atoms with van der Waals surface area (Å²) in [7, 11) is 2.05. The van der Waals surface area contributed by atoms with Gasteiger partial charge in [0.15, 0.2) is 0 Å². The quantitative estimate of drug-likeness (QED) is 0.922. The first-order valence-corrected chi connectivity index (χ1v) is 7.25. The molecule has 0 saturated carbocycles. The van der Waals surface area contributed by atoms with E-state index >= 15 is 0 Å². The molecule has 2 heterocycles. The largest absolute Gasteiger partial charge is 0.316 e. The molecule has 1 aliphatic rings. The Balaban J connectivity index is 1.93. The van der Waals surface area contributed by atoms with Crippen molar-refractivity contribution < 1.29 is 0 Å². The van der Waals surface area contributed by atoms with E-state index in [-0.39, 0.29) is 6.04 Å². The van der Waals surface area contributed by atoms with Gasteiger partial charge in [0.2, 0.25) is 0 Å².